The number of hydrogen-bond acceptors (Lipinski definition) is 11. The number of fused-ring (bicyclic) bond motifs is 1. The Morgan fingerprint density at radius 3 is 2.51 bits per heavy atom. The molecule has 45 heavy (non-hydrogen) atoms. The molecule has 0 spiro atoms. The summed E-state index contributed by atoms with van der Waals surface area (Å²) in [6, 6.07) is 5.48. The number of carbonyl (C=O) groups is 1. The Kier molecular flexibility index (Phi) is 9.93. The number of nitrogens with zero attached hydrogens (tertiary/aromatic N) is 8. The highest BCUT2D eigenvalue weighted by molar-refractivity contribution is 6.10. The summed E-state index contributed by atoms with van der Waals surface area (Å²) >= 11 is 0. The van der Waals surface area contributed by atoms with Gasteiger partial charge in [-0.1, -0.05) is 26.8 Å². The summed E-state index contributed by atoms with van der Waals surface area (Å²) in [4.78, 5) is 43.1. The van der Waals surface area contributed by atoms with E-state index >= 15 is 0 Å². The molecular formula is C33H47N11O. The van der Waals surface area contributed by atoms with E-state index in [1.54, 1.807) is 31.5 Å². The zero-order chi connectivity index (χ0) is 32.1. The Bertz CT molecular complexity index is 1560. The van der Waals surface area contributed by atoms with Gasteiger partial charge < -0.3 is 26.2 Å². The largest absolute Gasteiger partial charge is 0.401 e. The zero-order valence-corrected chi connectivity index (χ0v) is 27.5. The van der Waals surface area contributed by atoms with Crippen LogP contribution in [0, 0.1) is 18.3 Å². The van der Waals surface area contributed by atoms with E-state index in [-0.39, 0.29) is 11.3 Å². The fourth-order valence-electron chi connectivity index (χ4n) is 5.56. The monoisotopic (exact) mass is 613 g/mol. The zero-order valence-electron chi connectivity index (χ0n) is 27.5. The molecule has 12 nitrogen and oxygen atoms in total. The maximum atomic E-state index is 13.2. The molecule has 2 fully saturated rings. The first-order valence-corrected chi connectivity index (χ1v) is 15.8. The molecule has 240 valence electrons. The first kappa shape index (κ1) is 32.2. The number of aliphatic imine (C=N–C) groups is 1. The Hall–Kier alpha value is -4.16. The molecule has 2 aromatic heterocycles. The fourth-order valence-corrected chi connectivity index (χ4v) is 5.56. The predicted octanol–water partition coefficient (Wildman–Crippen LogP) is 3.58. The van der Waals surface area contributed by atoms with E-state index in [2.05, 4.69) is 52.3 Å². The molecule has 5 rings (SSSR count). The minimum Gasteiger partial charge on any atom is -0.401 e. The number of benzene rings is 1. The van der Waals surface area contributed by atoms with E-state index in [1.165, 1.54) is 38.8 Å². The fraction of sp³-hybridized carbons (Fsp3) is 0.515. The van der Waals surface area contributed by atoms with Crippen LogP contribution in [0.25, 0.3) is 11.0 Å². The van der Waals surface area contributed by atoms with Gasteiger partial charge in [0.2, 0.25) is 5.95 Å². The molecule has 1 aromatic carbocycles. The highest BCUT2D eigenvalue weighted by atomic mass is 16.1. The summed E-state index contributed by atoms with van der Waals surface area (Å²) in [6.45, 7) is 15.3. The van der Waals surface area contributed by atoms with Crippen LogP contribution < -0.4 is 21.3 Å². The standard InChI is InChI=1S/C33H47N11O/c1-22-7-8-24(31(45)40-28(35-5)18-27(34)33(2,3)4)17-25(22)39-30-29-26(37-21-38-30)19-36-32(41-29)44-15-13-43(14-16-44)20-23-9-11-42(6)12-10-23/h7-8,17-19,21,23H,9-16,20,34H2,1-6H3,(H,35,40,45)(H,37,38,39). The number of amidine groups is 1. The van der Waals surface area contributed by atoms with Gasteiger partial charge in [0.15, 0.2) is 5.82 Å². The number of anilines is 3. The molecule has 0 radical (unpaired) electrons. The van der Waals surface area contributed by atoms with E-state index in [1.807, 2.05) is 33.8 Å². The van der Waals surface area contributed by atoms with Crippen molar-refractivity contribution >= 4 is 40.2 Å². The van der Waals surface area contributed by atoms with Gasteiger partial charge in [-0.2, -0.15) is 0 Å². The van der Waals surface area contributed by atoms with Crippen LogP contribution in [0.15, 0.2) is 47.5 Å². The summed E-state index contributed by atoms with van der Waals surface area (Å²) in [5, 5.41) is 6.27. The van der Waals surface area contributed by atoms with Gasteiger partial charge in [-0.05, 0) is 69.6 Å². The molecule has 1 amide bonds. The van der Waals surface area contributed by atoms with Crippen molar-refractivity contribution in [2.24, 2.45) is 22.1 Å². The molecular weight excluding hydrogens is 566 g/mol. The van der Waals surface area contributed by atoms with E-state index < -0.39 is 0 Å². The second-order valence-corrected chi connectivity index (χ2v) is 13.2. The lowest BCUT2D eigenvalue weighted by molar-refractivity contribution is 0.0977. The van der Waals surface area contributed by atoms with E-state index in [4.69, 9.17) is 10.7 Å². The van der Waals surface area contributed by atoms with Crippen molar-refractivity contribution in [3.05, 3.63) is 53.6 Å². The molecule has 0 saturated carbocycles. The van der Waals surface area contributed by atoms with Gasteiger partial charge in [-0.25, -0.2) is 19.9 Å². The average molecular weight is 614 g/mol. The predicted molar refractivity (Wildman–Crippen MR) is 181 cm³/mol. The Morgan fingerprint density at radius 1 is 1.09 bits per heavy atom. The Labute approximate surface area is 266 Å². The van der Waals surface area contributed by atoms with Crippen LogP contribution in [0.1, 0.15) is 49.5 Å². The number of amides is 1. The summed E-state index contributed by atoms with van der Waals surface area (Å²) in [7, 11) is 3.83. The number of rotatable bonds is 7. The van der Waals surface area contributed by atoms with Crippen LogP contribution in [0.3, 0.4) is 0 Å². The average Bonchev–Trinajstić information content (AvgIpc) is 3.02. The number of aryl methyl sites for hydroxylation is 1. The Morgan fingerprint density at radius 2 is 1.82 bits per heavy atom. The number of carbonyl (C=O) groups excluding carboxylic acids is 1. The molecule has 0 atom stereocenters. The van der Waals surface area contributed by atoms with Crippen molar-refractivity contribution < 1.29 is 4.79 Å². The summed E-state index contributed by atoms with van der Waals surface area (Å²) in [5.74, 6) is 2.13. The minimum atomic E-state index is -0.288. The van der Waals surface area contributed by atoms with Crippen molar-refractivity contribution in [3.8, 4) is 0 Å². The number of hydrogen-bond donors (Lipinski definition) is 3. The van der Waals surface area contributed by atoms with Crippen molar-refractivity contribution in [1.29, 1.82) is 0 Å². The highest BCUT2D eigenvalue weighted by Gasteiger charge is 2.24. The van der Waals surface area contributed by atoms with Crippen LogP contribution in [-0.4, -0.2) is 101 Å². The number of likely N-dealkylation sites (tertiary alicyclic amines) is 1. The molecule has 2 saturated heterocycles. The molecule has 0 aliphatic carbocycles. The molecule has 0 unspecified atom stereocenters. The molecule has 4 N–H and O–H groups in total. The SMILES string of the molecule is CN=C(C=C(N)C(C)(C)C)NC(=O)c1ccc(C)c(Nc2ncnc3cnc(N4CCN(CC5CCN(C)CC5)CC4)nc23)c1. The van der Waals surface area contributed by atoms with Crippen molar-refractivity contribution in [2.45, 2.75) is 40.5 Å². The van der Waals surface area contributed by atoms with Gasteiger partial charge in [-0.3, -0.25) is 14.7 Å². The topological polar surface area (TPSA) is 141 Å². The minimum absolute atomic E-state index is 0.244. The molecule has 0 bridgehead atoms. The van der Waals surface area contributed by atoms with Crippen LogP contribution in [0.5, 0.6) is 0 Å². The lowest BCUT2D eigenvalue weighted by Crippen LogP contribution is -2.49. The summed E-state index contributed by atoms with van der Waals surface area (Å²) in [6.07, 6.45) is 7.52. The second kappa shape index (κ2) is 13.9. The first-order chi connectivity index (χ1) is 21.5. The van der Waals surface area contributed by atoms with Crippen LogP contribution in [0.4, 0.5) is 17.5 Å². The smallest absolute Gasteiger partial charge is 0.256 e. The third-order valence-electron chi connectivity index (χ3n) is 8.77. The number of allylic oxidation sites excluding steroid dienone is 1. The second-order valence-electron chi connectivity index (χ2n) is 13.2. The van der Waals surface area contributed by atoms with Crippen LogP contribution >= 0.6 is 0 Å². The van der Waals surface area contributed by atoms with Gasteiger partial charge in [0.05, 0.1) is 6.20 Å². The van der Waals surface area contributed by atoms with E-state index in [0.29, 0.717) is 39.9 Å². The van der Waals surface area contributed by atoms with Gasteiger partial charge in [0.25, 0.3) is 5.91 Å². The van der Waals surface area contributed by atoms with Gasteiger partial charge in [0.1, 0.15) is 23.2 Å². The van der Waals surface area contributed by atoms with Crippen molar-refractivity contribution in [2.75, 3.05) is 70.1 Å². The molecule has 12 heteroatoms. The van der Waals surface area contributed by atoms with Crippen molar-refractivity contribution in [3.63, 3.8) is 0 Å². The quantitative estimate of drug-likeness (QED) is 0.268. The maximum absolute atomic E-state index is 13.2. The Balaban J connectivity index is 1.29. The molecule has 4 heterocycles. The third-order valence-corrected chi connectivity index (χ3v) is 8.77. The number of nitrogens with one attached hydrogen (secondary N) is 2. The lowest BCUT2D eigenvalue weighted by atomic mass is 9.92. The van der Waals surface area contributed by atoms with Crippen LogP contribution in [-0.2, 0) is 0 Å². The molecule has 2 aliphatic rings. The maximum Gasteiger partial charge on any atom is 0.256 e. The van der Waals surface area contributed by atoms with Gasteiger partial charge in [0, 0.05) is 62.1 Å². The van der Waals surface area contributed by atoms with Gasteiger partial charge >= 0.3 is 0 Å². The van der Waals surface area contributed by atoms with E-state index in [0.717, 1.165) is 43.3 Å². The van der Waals surface area contributed by atoms with Gasteiger partial charge in [-0.15, -0.1) is 0 Å². The number of piperidine rings is 1. The number of piperazine rings is 1. The van der Waals surface area contributed by atoms with E-state index in [9.17, 15) is 4.79 Å². The molecule has 3 aromatic rings. The van der Waals surface area contributed by atoms with Crippen molar-refractivity contribution in [1.82, 2.24) is 35.1 Å². The first-order valence-electron chi connectivity index (χ1n) is 15.8. The number of aromatic nitrogens is 4. The normalized spacial score (nSPS) is 18.0. The highest BCUT2D eigenvalue weighted by Crippen LogP contribution is 2.27. The van der Waals surface area contributed by atoms with Crippen LogP contribution in [0.2, 0.25) is 0 Å². The number of nitrogens with two attached hydrogens (primary N) is 1. The summed E-state index contributed by atoms with van der Waals surface area (Å²) in [5.41, 5.74) is 10.0. The summed E-state index contributed by atoms with van der Waals surface area (Å²) < 4.78 is 0. The third kappa shape index (κ3) is 8.12. The lowest BCUT2D eigenvalue weighted by Gasteiger charge is -2.38. The molecule has 2 aliphatic heterocycles.